The molecular formula is C17H18ClNO4. The van der Waals surface area contributed by atoms with Crippen LogP contribution in [0.3, 0.4) is 0 Å². The van der Waals surface area contributed by atoms with E-state index < -0.39 is 23.3 Å². The fraction of sp³-hybridized carbons (Fsp3) is 0.471. The summed E-state index contributed by atoms with van der Waals surface area (Å²) in [5.41, 5.74) is 0.0188. The van der Waals surface area contributed by atoms with Gasteiger partial charge in [-0.05, 0) is 49.9 Å². The van der Waals surface area contributed by atoms with Gasteiger partial charge in [-0.2, -0.15) is 5.26 Å². The zero-order chi connectivity index (χ0) is 17.0. The third-order valence-corrected chi connectivity index (χ3v) is 4.25. The first-order valence-electron chi connectivity index (χ1n) is 7.50. The minimum Gasteiger partial charge on any atom is -0.465 e. The molecule has 2 rings (SSSR count). The first kappa shape index (κ1) is 17.3. The number of halogens is 1. The second-order valence-electron chi connectivity index (χ2n) is 5.43. The van der Waals surface area contributed by atoms with Crippen molar-refractivity contribution in [2.45, 2.75) is 32.6 Å². The summed E-state index contributed by atoms with van der Waals surface area (Å²) in [7, 11) is 0. The highest BCUT2D eigenvalue weighted by Crippen LogP contribution is 2.44. The molecular weight excluding hydrogens is 318 g/mol. The largest absolute Gasteiger partial charge is 0.465 e. The summed E-state index contributed by atoms with van der Waals surface area (Å²) < 4.78 is 10.2. The summed E-state index contributed by atoms with van der Waals surface area (Å²) in [4.78, 5) is 25.0. The smallest absolute Gasteiger partial charge is 0.323 e. The molecule has 0 bridgehead atoms. The summed E-state index contributed by atoms with van der Waals surface area (Å²) in [6.07, 6.45) is 0.184. The van der Waals surface area contributed by atoms with Crippen molar-refractivity contribution in [2.24, 2.45) is 5.41 Å². The van der Waals surface area contributed by atoms with Gasteiger partial charge in [-0.1, -0.05) is 17.7 Å². The van der Waals surface area contributed by atoms with Crippen molar-refractivity contribution in [3.63, 3.8) is 0 Å². The summed E-state index contributed by atoms with van der Waals surface area (Å²) in [6.45, 7) is 3.67. The number of carbonyl (C=O) groups excluding carboxylic acids is 2. The molecule has 1 atom stereocenters. The first-order chi connectivity index (χ1) is 11.0. The molecule has 5 nitrogen and oxygen atoms in total. The highest BCUT2D eigenvalue weighted by atomic mass is 35.5. The predicted molar refractivity (Wildman–Crippen MR) is 83.8 cm³/mol. The average Bonchev–Trinajstić information content (AvgIpc) is 2.54. The molecule has 0 spiro atoms. The van der Waals surface area contributed by atoms with E-state index in [0.717, 1.165) is 11.1 Å². The lowest BCUT2D eigenvalue weighted by Crippen LogP contribution is -2.47. The molecule has 6 heteroatoms. The van der Waals surface area contributed by atoms with Crippen LogP contribution in [0.1, 0.15) is 37.3 Å². The summed E-state index contributed by atoms with van der Waals surface area (Å²) in [5, 5.41) is 10.0. The van der Waals surface area contributed by atoms with Gasteiger partial charge in [-0.25, -0.2) is 0 Å². The molecule has 0 saturated heterocycles. The van der Waals surface area contributed by atoms with Crippen LogP contribution < -0.4 is 0 Å². The second-order valence-corrected chi connectivity index (χ2v) is 5.87. The molecule has 0 N–H and O–H groups in total. The van der Waals surface area contributed by atoms with Gasteiger partial charge in [0.15, 0.2) is 5.41 Å². The SMILES string of the molecule is CCOC(=O)C1(C(=O)OCC)Cc2ccc(Cl)cc2[C@H](C#N)C1. The van der Waals surface area contributed by atoms with Crippen molar-refractivity contribution >= 4 is 23.5 Å². The maximum Gasteiger partial charge on any atom is 0.323 e. The van der Waals surface area contributed by atoms with Gasteiger partial charge in [0.2, 0.25) is 0 Å². The molecule has 122 valence electrons. The Hall–Kier alpha value is -2.06. The van der Waals surface area contributed by atoms with Gasteiger partial charge in [0, 0.05) is 5.02 Å². The molecule has 1 aliphatic rings. The maximum atomic E-state index is 12.5. The van der Waals surface area contributed by atoms with E-state index in [2.05, 4.69) is 6.07 Å². The van der Waals surface area contributed by atoms with Gasteiger partial charge < -0.3 is 9.47 Å². The molecule has 0 fully saturated rings. The number of nitrogens with zero attached hydrogens (tertiary/aromatic N) is 1. The minimum absolute atomic E-state index is 0.0362. The fourth-order valence-corrected chi connectivity index (χ4v) is 3.14. The van der Waals surface area contributed by atoms with Crippen molar-refractivity contribution < 1.29 is 19.1 Å². The molecule has 0 aromatic heterocycles. The monoisotopic (exact) mass is 335 g/mol. The number of hydrogen-bond acceptors (Lipinski definition) is 5. The second kappa shape index (κ2) is 7.01. The topological polar surface area (TPSA) is 76.4 Å². The average molecular weight is 336 g/mol. The van der Waals surface area contributed by atoms with E-state index in [4.69, 9.17) is 21.1 Å². The van der Waals surface area contributed by atoms with Gasteiger partial charge in [-0.15, -0.1) is 0 Å². The molecule has 0 saturated carbocycles. The van der Waals surface area contributed by atoms with Crippen LogP contribution in [0.25, 0.3) is 0 Å². The van der Waals surface area contributed by atoms with E-state index >= 15 is 0 Å². The third-order valence-electron chi connectivity index (χ3n) is 4.02. The van der Waals surface area contributed by atoms with Crippen molar-refractivity contribution in [3.8, 4) is 6.07 Å². The number of esters is 2. The van der Waals surface area contributed by atoms with E-state index in [9.17, 15) is 14.9 Å². The van der Waals surface area contributed by atoms with Gasteiger partial charge in [-0.3, -0.25) is 9.59 Å². The molecule has 0 aliphatic heterocycles. The molecule has 0 heterocycles. The standard InChI is InChI=1S/C17H18ClNO4/c1-3-22-15(20)17(16(21)23-4-2)8-11-5-6-13(18)7-14(11)12(9-17)10-19/h5-7,12H,3-4,8-9H2,1-2H3/t12-/m0/s1. The molecule has 23 heavy (non-hydrogen) atoms. The Morgan fingerprint density at radius 3 is 2.43 bits per heavy atom. The van der Waals surface area contributed by atoms with E-state index in [1.54, 1.807) is 32.0 Å². The number of rotatable bonds is 4. The summed E-state index contributed by atoms with van der Waals surface area (Å²) >= 11 is 6.00. The van der Waals surface area contributed by atoms with Crippen LogP contribution in [-0.4, -0.2) is 25.2 Å². The number of hydrogen-bond donors (Lipinski definition) is 0. The van der Waals surface area contributed by atoms with Crippen LogP contribution >= 0.6 is 11.6 Å². The Bertz CT molecular complexity index is 647. The van der Waals surface area contributed by atoms with E-state index in [1.807, 2.05) is 0 Å². The first-order valence-corrected chi connectivity index (χ1v) is 7.88. The normalized spacial score (nSPS) is 18.4. The third kappa shape index (κ3) is 3.18. The minimum atomic E-state index is -1.48. The number of fused-ring (bicyclic) bond motifs is 1. The Morgan fingerprint density at radius 2 is 1.91 bits per heavy atom. The van der Waals surface area contributed by atoms with Gasteiger partial charge >= 0.3 is 11.9 Å². The van der Waals surface area contributed by atoms with Crippen molar-refractivity contribution in [1.29, 1.82) is 5.26 Å². The zero-order valence-corrected chi connectivity index (χ0v) is 13.9. The molecule has 0 amide bonds. The zero-order valence-electron chi connectivity index (χ0n) is 13.1. The Kier molecular flexibility index (Phi) is 5.27. The van der Waals surface area contributed by atoms with Gasteiger partial charge in [0.25, 0.3) is 0 Å². The molecule has 1 aromatic rings. The quantitative estimate of drug-likeness (QED) is 0.624. The van der Waals surface area contributed by atoms with Crippen molar-refractivity contribution in [2.75, 3.05) is 13.2 Å². The summed E-state index contributed by atoms with van der Waals surface area (Å²) in [6, 6.07) is 7.30. The fourth-order valence-electron chi connectivity index (χ4n) is 2.95. The van der Waals surface area contributed by atoms with Crippen molar-refractivity contribution in [3.05, 3.63) is 34.3 Å². The van der Waals surface area contributed by atoms with Crippen LogP contribution in [0, 0.1) is 16.7 Å². The Labute approximate surface area is 140 Å². The molecule has 1 aromatic carbocycles. The number of nitriles is 1. The lowest BCUT2D eigenvalue weighted by atomic mass is 9.67. The van der Waals surface area contributed by atoms with Gasteiger partial charge in [0.05, 0.1) is 25.2 Å². The Balaban J connectivity index is 2.52. The van der Waals surface area contributed by atoms with E-state index in [-0.39, 0.29) is 26.1 Å². The number of benzene rings is 1. The van der Waals surface area contributed by atoms with E-state index in [0.29, 0.717) is 5.02 Å². The summed E-state index contributed by atoms with van der Waals surface area (Å²) in [5.74, 6) is -1.90. The maximum absolute atomic E-state index is 12.5. The van der Waals surface area contributed by atoms with Crippen LogP contribution in [0.2, 0.25) is 5.02 Å². The van der Waals surface area contributed by atoms with E-state index in [1.165, 1.54) is 0 Å². The van der Waals surface area contributed by atoms with Crippen LogP contribution in [0.15, 0.2) is 18.2 Å². The number of ether oxygens (including phenoxy) is 2. The highest BCUT2D eigenvalue weighted by molar-refractivity contribution is 6.30. The highest BCUT2D eigenvalue weighted by Gasteiger charge is 2.53. The molecule has 0 unspecified atom stereocenters. The lowest BCUT2D eigenvalue weighted by molar-refractivity contribution is -0.173. The number of carbonyl (C=O) groups is 2. The molecule has 0 radical (unpaired) electrons. The lowest BCUT2D eigenvalue weighted by Gasteiger charge is -2.35. The van der Waals surface area contributed by atoms with Crippen LogP contribution in [0.4, 0.5) is 0 Å². The molecule has 1 aliphatic carbocycles. The Morgan fingerprint density at radius 1 is 1.30 bits per heavy atom. The van der Waals surface area contributed by atoms with Crippen LogP contribution in [0.5, 0.6) is 0 Å². The van der Waals surface area contributed by atoms with Crippen LogP contribution in [-0.2, 0) is 25.5 Å². The predicted octanol–water partition coefficient (Wildman–Crippen LogP) is 3.01. The van der Waals surface area contributed by atoms with Crippen molar-refractivity contribution in [1.82, 2.24) is 0 Å². The van der Waals surface area contributed by atoms with Gasteiger partial charge in [0.1, 0.15) is 0 Å².